The van der Waals surface area contributed by atoms with Crippen molar-refractivity contribution in [2.24, 2.45) is 0 Å². The van der Waals surface area contributed by atoms with Crippen molar-refractivity contribution < 1.29 is 4.79 Å². The highest BCUT2D eigenvalue weighted by Crippen LogP contribution is 2.26. The van der Waals surface area contributed by atoms with Gasteiger partial charge in [0, 0.05) is 30.2 Å². The Kier molecular flexibility index (Phi) is 5.53. The zero-order valence-electron chi connectivity index (χ0n) is 15.6. The predicted molar refractivity (Wildman–Crippen MR) is 114 cm³/mol. The molecule has 144 valence electrons. The van der Waals surface area contributed by atoms with Crippen molar-refractivity contribution >= 4 is 28.2 Å². The summed E-state index contributed by atoms with van der Waals surface area (Å²) in [7, 11) is 0. The van der Waals surface area contributed by atoms with Crippen LogP contribution >= 0.6 is 11.3 Å². The number of benzene rings is 1. The van der Waals surface area contributed by atoms with Crippen LogP contribution in [0.2, 0.25) is 0 Å². The van der Waals surface area contributed by atoms with E-state index < -0.39 is 0 Å². The SMILES string of the molecule is CC(Nc1ccc(C(=O)Nc2nnc(-c3ccncc3)s2)cn1)c1ccccc1. The molecule has 7 nitrogen and oxygen atoms in total. The maximum absolute atomic E-state index is 12.5. The molecule has 0 spiro atoms. The van der Waals surface area contributed by atoms with Gasteiger partial charge in [0.05, 0.1) is 5.56 Å². The fourth-order valence-electron chi connectivity index (χ4n) is 2.71. The molecule has 3 heterocycles. The lowest BCUT2D eigenvalue weighted by molar-refractivity contribution is 0.102. The first-order valence-electron chi connectivity index (χ1n) is 9.02. The van der Waals surface area contributed by atoms with Crippen molar-refractivity contribution in [2.75, 3.05) is 10.6 Å². The first kappa shape index (κ1) is 18.7. The van der Waals surface area contributed by atoms with E-state index in [-0.39, 0.29) is 11.9 Å². The summed E-state index contributed by atoms with van der Waals surface area (Å²) in [6, 6.07) is 17.4. The van der Waals surface area contributed by atoms with Crippen molar-refractivity contribution in [3.05, 3.63) is 84.3 Å². The first-order chi connectivity index (χ1) is 14.2. The number of carbonyl (C=O) groups excluding carboxylic acids is 1. The fourth-order valence-corrected chi connectivity index (χ4v) is 3.46. The number of nitrogens with one attached hydrogen (secondary N) is 2. The second-order valence-electron chi connectivity index (χ2n) is 6.31. The highest BCUT2D eigenvalue weighted by atomic mass is 32.1. The Morgan fingerprint density at radius 1 is 1.00 bits per heavy atom. The molecule has 1 amide bonds. The molecule has 1 unspecified atom stereocenters. The third-order valence-corrected chi connectivity index (χ3v) is 5.15. The van der Waals surface area contributed by atoms with Crippen LogP contribution < -0.4 is 10.6 Å². The number of amides is 1. The van der Waals surface area contributed by atoms with Gasteiger partial charge in [-0.15, -0.1) is 10.2 Å². The minimum atomic E-state index is -0.280. The van der Waals surface area contributed by atoms with Crippen molar-refractivity contribution in [1.82, 2.24) is 20.2 Å². The highest BCUT2D eigenvalue weighted by Gasteiger charge is 2.12. The molecular formula is C21H18N6OS. The summed E-state index contributed by atoms with van der Waals surface area (Å²) >= 11 is 1.30. The fraction of sp³-hybridized carbons (Fsp3) is 0.0952. The van der Waals surface area contributed by atoms with Crippen molar-refractivity contribution in [2.45, 2.75) is 13.0 Å². The van der Waals surface area contributed by atoms with Gasteiger partial charge < -0.3 is 5.32 Å². The molecule has 0 saturated heterocycles. The molecule has 2 N–H and O–H groups in total. The third kappa shape index (κ3) is 4.61. The average molecular weight is 402 g/mol. The van der Waals surface area contributed by atoms with Gasteiger partial charge in [0.15, 0.2) is 0 Å². The van der Waals surface area contributed by atoms with Crippen LogP contribution in [-0.2, 0) is 0 Å². The van der Waals surface area contributed by atoms with Gasteiger partial charge in [-0.05, 0) is 36.8 Å². The molecule has 0 aliphatic rings. The molecule has 0 aliphatic heterocycles. The van der Waals surface area contributed by atoms with E-state index in [0.717, 1.165) is 16.1 Å². The molecule has 0 aliphatic carbocycles. The number of hydrogen-bond donors (Lipinski definition) is 2. The van der Waals surface area contributed by atoms with Crippen LogP contribution in [0.25, 0.3) is 10.6 Å². The maximum Gasteiger partial charge on any atom is 0.259 e. The van der Waals surface area contributed by atoms with Gasteiger partial charge in [-0.1, -0.05) is 41.7 Å². The summed E-state index contributed by atoms with van der Waals surface area (Å²) in [4.78, 5) is 20.8. The summed E-state index contributed by atoms with van der Waals surface area (Å²) in [5, 5.41) is 15.4. The zero-order valence-corrected chi connectivity index (χ0v) is 16.4. The molecular weight excluding hydrogens is 384 g/mol. The average Bonchev–Trinajstić information content (AvgIpc) is 3.24. The maximum atomic E-state index is 12.5. The summed E-state index contributed by atoms with van der Waals surface area (Å²) in [5.41, 5.74) is 2.52. The first-order valence-corrected chi connectivity index (χ1v) is 9.83. The minimum Gasteiger partial charge on any atom is -0.364 e. The van der Waals surface area contributed by atoms with E-state index in [9.17, 15) is 4.79 Å². The zero-order chi connectivity index (χ0) is 20.1. The largest absolute Gasteiger partial charge is 0.364 e. The molecule has 29 heavy (non-hydrogen) atoms. The predicted octanol–water partition coefficient (Wildman–Crippen LogP) is 4.42. The standard InChI is InChI=1S/C21H18N6OS/c1-14(15-5-3-2-4-6-15)24-18-8-7-17(13-23-18)19(28)25-21-27-26-20(29-21)16-9-11-22-12-10-16/h2-14H,1H3,(H,23,24)(H,25,27,28). The molecule has 0 saturated carbocycles. The molecule has 3 aromatic heterocycles. The van der Waals surface area contributed by atoms with E-state index in [1.165, 1.54) is 11.3 Å². The number of hydrogen-bond acceptors (Lipinski definition) is 7. The van der Waals surface area contributed by atoms with Crippen LogP contribution in [0, 0.1) is 0 Å². The topological polar surface area (TPSA) is 92.7 Å². The summed E-state index contributed by atoms with van der Waals surface area (Å²) in [6.45, 7) is 2.06. The number of rotatable bonds is 6. The normalized spacial score (nSPS) is 11.6. The lowest BCUT2D eigenvalue weighted by Crippen LogP contribution is -2.13. The molecule has 8 heteroatoms. The minimum absolute atomic E-state index is 0.108. The Bertz CT molecular complexity index is 1080. The van der Waals surface area contributed by atoms with Gasteiger partial charge in [-0.25, -0.2) is 4.98 Å². The molecule has 4 rings (SSSR count). The smallest absolute Gasteiger partial charge is 0.259 e. The Balaban J connectivity index is 1.39. The quantitative estimate of drug-likeness (QED) is 0.496. The summed E-state index contributed by atoms with van der Waals surface area (Å²) < 4.78 is 0. The Hall–Kier alpha value is -3.65. The summed E-state index contributed by atoms with van der Waals surface area (Å²) in [6.07, 6.45) is 4.92. The van der Waals surface area contributed by atoms with Crippen LogP contribution in [0.4, 0.5) is 10.9 Å². The Morgan fingerprint density at radius 2 is 1.79 bits per heavy atom. The second kappa shape index (κ2) is 8.57. The molecule has 1 aromatic carbocycles. The Labute approximate surface area is 171 Å². The number of anilines is 2. The monoisotopic (exact) mass is 402 g/mol. The van der Waals surface area contributed by atoms with E-state index >= 15 is 0 Å². The van der Waals surface area contributed by atoms with Gasteiger partial charge in [-0.3, -0.25) is 15.1 Å². The van der Waals surface area contributed by atoms with Crippen molar-refractivity contribution in [1.29, 1.82) is 0 Å². The van der Waals surface area contributed by atoms with Crippen LogP contribution in [0.5, 0.6) is 0 Å². The molecule has 0 radical (unpaired) electrons. The van der Waals surface area contributed by atoms with Crippen LogP contribution in [0.15, 0.2) is 73.2 Å². The van der Waals surface area contributed by atoms with E-state index in [4.69, 9.17) is 0 Å². The highest BCUT2D eigenvalue weighted by molar-refractivity contribution is 7.18. The number of carbonyl (C=O) groups is 1. The van der Waals surface area contributed by atoms with Crippen molar-refractivity contribution in [3.63, 3.8) is 0 Å². The van der Waals surface area contributed by atoms with Crippen molar-refractivity contribution in [3.8, 4) is 10.6 Å². The van der Waals surface area contributed by atoms with Gasteiger partial charge in [0.1, 0.15) is 10.8 Å². The molecule has 1 atom stereocenters. The van der Waals surface area contributed by atoms with Gasteiger partial charge in [0.25, 0.3) is 5.91 Å². The number of pyridine rings is 2. The second-order valence-corrected chi connectivity index (χ2v) is 7.29. The lowest BCUT2D eigenvalue weighted by atomic mass is 10.1. The Morgan fingerprint density at radius 3 is 2.52 bits per heavy atom. The molecule has 0 bridgehead atoms. The summed E-state index contributed by atoms with van der Waals surface area (Å²) in [5.74, 6) is 0.423. The van der Waals surface area contributed by atoms with Crippen LogP contribution in [-0.4, -0.2) is 26.1 Å². The molecule has 4 aromatic rings. The number of aromatic nitrogens is 4. The number of nitrogens with zero attached hydrogens (tertiary/aromatic N) is 4. The molecule has 0 fully saturated rings. The van der Waals surface area contributed by atoms with Gasteiger partial charge in [-0.2, -0.15) is 0 Å². The van der Waals surface area contributed by atoms with Gasteiger partial charge >= 0.3 is 0 Å². The van der Waals surface area contributed by atoms with Gasteiger partial charge in [0.2, 0.25) is 5.13 Å². The third-order valence-electron chi connectivity index (χ3n) is 4.26. The van der Waals surface area contributed by atoms with E-state index in [1.807, 2.05) is 30.3 Å². The lowest BCUT2D eigenvalue weighted by Gasteiger charge is -2.15. The van der Waals surface area contributed by atoms with E-state index in [2.05, 4.69) is 49.9 Å². The van der Waals surface area contributed by atoms with E-state index in [0.29, 0.717) is 16.5 Å². The van der Waals surface area contributed by atoms with Crippen LogP contribution in [0.3, 0.4) is 0 Å². The van der Waals surface area contributed by atoms with E-state index in [1.54, 1.807) is 30.7 Å². The van der Waals surface area contributed by atoms with Crippen LogP contribution in [0.1, 0.15) is 28.9 Å².